The number of para-hydroxylation sites is 1. The standard InChI is InChI=1S/C17H24FNO/c1-11(19)7-14-3-2-4-16(18)17(14)20-10-15-9-12-5-6-13(15)8-12/h2-4,11-13,15H,5-10,19H2,1H3. The summed E-state index contributed by atoms with van der Waals surface area (Å²) in [5.41, 5.74) is 6.72. The lowest BCUT2D eigenvalue weighted by Crippen LogP contribution is -2.21. The minimum atomic E-state index is -0.258. The predicted octanol–water partition coefficient (Wildman–Crippen LogP) is 3.53. The minimum Gasteiger partial charge on any atom is -0.490 e. The molecule has 110 valence electrons. The second-order valence-electron chi connectivity index (χ2n) is 6.66. The summed E-state index contributed by atoms with van der Waals surface area (Å²) in [7, 11) is 0. The molecule has 1 aromatic carbocycles. The Balaban J connectivity index is 1.67. The Labute approximate surface area is 120 Å². The van der Waals surface area contributed by atoms with Gasteiger partial charge in [0.05, 0.1) is 6.61 Å². The molecule has 2 aliphatic rings. The van der Waals surface area contributed by atoms with Crippen molar-refractivity contribution in [3.63, 3.8) is 0 Å². The van der Waals surface area contributed by atoms with Gasteiger partial charge in [0.15, 0.2) is 11.6 Å². The van der Waals surface area contributed by atoms with E-state index in [9.17, 15) is 4.39 Å². The zero-order valence-corrected chi connectivity index (χ0v) is 12.1. The van der Waals surface area contributed by atoms with E-state index in [1.165, 1.54) is 31.7 Å². The van der Waals surface area contributed by atoms with Crippen molar-refractivity contribution in [2.45, 2.75) is 45.1 Å². The number of halogens is 1. The van der Waals surface area contributed by atoms with Crippen LogP contribution in [0.3, 0.4) is 0 Å². The van der Waals surface area contributed by atoms with Gasteiger partial charge in [-0.25, -0.2) is 4.39 Å². The molecule has 2 saturated carbocycles. The van der Waals surface area contributed by atoms with Crippen LogP contribution in [0.2, 0.25) is 0 Å². The molecule has 0 radical (unpaired) electrons. The van der Waals surface area contributed by atoms with Crippen LogP contribution >= 0.6 is 0 Å². The summed E-state index contributed by atoms with van der Waals surface area (Å²) < 4.78 is 19.9. The van der Waals surface area contributed by atoms with E-state index in [2.05, 4.69) is 0 Å². The van der Waals surface area contributed by atoms with E-state index in [-0.39, 0.29) is 11.9 Å². The average molecular weight is 277 g/mol. The number of hydrogen-bond donors (Lipinski definition) is 1. The van der Waals surface area contributed by atoms with Crippen LogP contribution in [0.1, 0.15) is 38.2 Å². The summed E-state index contributed by atoms with van der Waals surface area (Å²) in [6.07, 6.45) is 6.00. The molecule has 0 spiro atoms. The summed E-state index contributed by atoms with van der Waals surface area (Å²) in [5, 5.41) is 0. The molecule has 2 N–H and O–H groups in total. The number of rotatable bonds is 5. The van der Waals surface area contributed by atoms with Crippen LogP contribution in [0.25, 0.3) is 0 Å². The number of hydrogen-bond acceptors (Lipinski definition) is 2. The maximum absolute atomic E-state index is 14.0. The summed E-state index contributed by atoms with van der Waals surface area (Å²) in [5.74, 6) is 2.50. The molecule has 20 heavy (non-hydrogen) atoms. The molecular weight excluding hydrogens is 253 g/mol. The van der Waals surface area contributed by atoms with Crippen LogP contribution in [0.5, 0.6) is 5.75 Å². The van der Waals surface area contributed by atoms with E-state index in [4.69, 9.17) is 10.5 Å². The number of benzene rings is 1. The van der Waals surface area contributed by atoms with Crippen molar-refractivity contribution in [2.24, 2.45) is 23.5 Å². The SMILES string of the molecule is CC(N)Cc1cccc(F)c1OCC1CC2CCC1C2. The molecule has 3 heteroatoms. The lowest BCUT2D eigenvalue weighted by molar-refractivity contribution is 0.188. The van der Waals surface area contributed by atoms with Gasteiger partial charge in [-0.1, -0.05) is 18.6 Å². The van der Waals surface area contributed by atoms with E-state index in [1.54, 1.807) is 6.07 Å². The Bertz CT molecular complexity index is 474. The fourth-order valence-corrected chi connectivity index (χ4v) is 3.99. The average Bonchev–Trinajstić information content (AvgIpc) is 2.99. The summed E-state index contributed by atoms with van der Waals surface area (Å²) in [4.78, 5) is 0. The van der Waals surface area contributed by atoms with Gasteiger partial charge in [-0.05, 0) is 62.0 Å². The van der Waals surface area contributed by atoms with Crippen LogP contribution in [0, 0.1) is 23.6 Å². The van der Waals surface area contributed by atoms with Gasteiger partial charge in [-0.2, -0.15) is 0 Å². The third kappa shape index (κ3) is 2.83. The van der Waals surface area contributed by atoms with Crippen molar-refractivity contribution in [3.8, 4) is 5.75 Å². The van der Waals surface area contributed by atoms with Crippen molar-refractivity contribution in [1.82, 2.24) is 0 Å². The summed E-state index contributed by atoms with van der Waals surface area (Å²) in [6, 6.07) is 5.14. The van der Waals surface area contributed by atoms with Crippen LogP contribution in [0.4, 0.5) is 4.39 Å². The molecule has 0 saturated heterocycles. The fraction of sp³-hybridized carbons (Fsp3) is 0.647. The quantitative estimate of drug-likeness (QED) is 0.893. The lowest BCUT2D eigenvalue weighted by atomic mass is 9.89. The molecule has 0 aromatic heterocycles. The molecule has 0 aliphatic heterocycles. The Morgan fingerprint density at radius 3 is 2.85 bits per heavy atom. The highest BCUT2D eigenvalue weighted by Crippen LogP contribution is 2.48. The van der Waals surface area contributed by atoms with Crippen molar-refractivity contribution in [2.75, 3.05) is 6.61 Å². The number of fused-ring (bicyclic) bond motifs is 2. The van der Waals surface area contributed by atoms with E-state index < -0.39 is 0 Å². The van der Waals surface area contributed by atoms with Crippen LogP contribution in [-0.2, 0) is 6.42 Å². The molecule has 4 atom stereocenters. The number of nitrogens with two attached hydrogens (primary N) is 1. The minimum absolute atomic E-state index is 0.0154. The monoisotopic (exact) mass is 277 g/mol. The fourth-order valence-electron chi connectivity index (χ4n) is 3.99. The van der Waals surface area contributed by atoms with Gasteiger partial charge in [-0.3, -0.25) is 0 Å². The van der Waals surface area contributed by atoms with Crippen LogP contribution in [-0.4, -0.2) is 12.6 Å². The first-order valence-corrected chi connectivity index (χ1v) is 7.79. The second kappa shape index (κ2) is 5.72. The van der Waals surface area contributed by atoms with E-state index in [1.807, 2.05) is 13.0 Å². The Hall–Kier alpha value is -1.09. The summed E-state index contributed by atoms with van der Waals surface area (Å²) in [6.45, 7) is 2.60. The molecule has 2 aliphatic carbocycles. The first-order chi connectivity index (χ1) is 9.63. The van der Waals surface area contributed by atoms with E-state index >= 15 is 0 Å². The largest absolute Gasteiger partial charge is 0.490 e. The molecule has 2 bridgehead atoms. The maximum Gasteiger partial charge on any atom is 0.165 e. The highest BCUT2D eigenvalue weighted by atomic mass is 19.1. The van der Waals surface area contributed by atoms with Gasteiger partial charge in [0.25, 0.3) is 0 Å². The second-order valence-corrected chi connectivity index (χ2v) is 6.66. The number of ether oxygens (including phenoxy) is 1. The highest BCUT2D eigenvalue weighted by molar-refractivity contribution is 5.35. The van der Waals surface area contributed by atoms with E-state index in [0.29, 0.717) is 24.7 Å². The van der Waals surface area contributed by atoms with Gasteiger partial charge in [-0.15, -0.1) is 0 Å². The highest BCUT2D eigenvalue weighted by Gasteiger charge is 2.39. The van der Waals surface area contributed by atoms with Crippen molar-refractivity contribution in [1.29, 1.82) is 0 Å². The van der Waals surface area contributed by atoms with Gasteiger partial charge in [0.2, 0.25) is 0 Å². The first-order valence-electron chi connectivity index (χ1n) is 7.79. The van der Waals surface area contributed by atoms with Crippen molar-refractivity contribution >= 4 is 0 Å². The first kappa shape index (κ1) is 13.9. The van der Waals surface area contributed by atoms with Gasteiger partial charge in [0.1, 0.15) is 0 Å². The topological polar surface area (TPSA) is 35.2 Å². The van der Waals surface area contributed by atoms with Crippen LogP contribution < -0.4 is 10.5 Å². The normalized spacial score (nSPS) is 29.6. The molecule has 0 heterocycles. The predicted molar refractivity (Wildman–Crippen MR) is 78.2 cm³/mol. The Morgan fingerprint density at radius 1 is 1.35 bits per heavy atom. The third-order valence-electron chi connectivity index (χ3n) is 4.92. The zero-order chi connectivity index (χ0) is 14.1. The van der Waals surface area contributed by atoms with Gasteiger partial charge >= 0.3 is 0 Å². The van der Waals surface area contributed by atoms with Gasteiger partial charge in [0, 0.05) is 6.04 Å². The molecule has 0 amide bonds. The maximum atomic E-state index is 14.0. The van der Waals surface area contributed by atoms with Gasteiger partial charge < -0.3 is 10.5 Å². The smallest absolute Gasteiger partial charge is 0.165 e. The molecule has 2 nitrogen and oxygen atoms in total. The molecule has 3 rings (SSSR count). The molecule has 1 aromatic rings. The summed E-state index contributed by atoms with van der Waals surface area (Å²) >= 11 is 0. The zero-order valence-electron chi connectivity index (χ0n) is 12.1. The van der Waals surface area contributed by atoms with Crippen molar-refractivity contribution < 1.29 is 9.13 Å². The molecule has 4 unspecified atom stereocenters. The van der Waals surface area contributed by atoms with E-state index in [0.717, 1.165) is 17.4 Å². The lowest BCUT2D eigenvalue weighted by Gasteiger charge is -2.23. The van der Waals surface area contributed by atoms with Crippen molar-refractivity contribution in [3.05, 3.63) is 29.6 Å². The third-order valence-corrected chi connectivity index (χ3v) is 4.92. The Kier molecular flexibility index (Phi) is 3.97. The molecular formula is C17H24FNO. The van der Waals surface area contributed by atoms with Crippen LogP contribution in [0.15, 0.2) is 18.2 Å². The Morgan fingerprint density at radius 2 is 2.20 bits per heavy atom. The molecule has 2 fully saturated rings.